The number of amides is 1. The molecule has 98 valence electrons. The van der Waals surface area contributed by atoms with Gasteiger partial charge in [-0.15, -0.1) is 0 Å². The Labute approximate surface area is 109 Å². The molecule has 0 aliphatic carbocycles. The summed E-state index contributed by atoms with van der Waals surface area (Å²) in [5, 5.41) is 3.35. The minimum Gasteiger partial charge on any atom is -0.341 e. The van der Waals surface area contributed by atoms with E-state index in [0.29, 0.717) is 12.5 Å². The summed E-state index contributed by atoms with van der Waals surface area (Å²) in [5.74, 6) is 0.215. The van der Waals surface area contributed by atoms with Gasteiger partial charge in [-0.3, -0.25) is 4.79 Å². The van der Waals surface area contributed by atoms with Crippen molar-refractivity contribution in [3.8, 4) is 0 Å². The molecule has 1 heterocycles. The van der Waals surface area contributed by atoms with Gasteiger partial charge in [0, 0.05) is 19.6 Å². The number of hydrogen-bond acceptors (Lipinski definition) is 2. The summed E-state index contributed by atoms with van der Waals surface area (Å²) in [6.07, 6.45) is 2.78. The van der Waals surface area contributed by atoms with Crippen molar-refractivity contribution in [3.63, 3.8) is 0 Å². The van der Waals surface area contributed by atoms with Crippen molar-refractivity contribution in [1.82, 2.24) is 10.2 Å². The van der Waals surface area contributed by atoms with Crippen LogP contribution in [-0.4, -0.2) is 37.0 Å². The first-order chi connectivity index (χ1) is 8.66. The second-order valence-electron chi connectivity index (χ2n) is 5.17. The predicted molar refractivity (Wildman–Crippen MR) is 73.5 cm³/mol. The number of nitrogens with one attached hydrogen (secondary N) is 1. The third kappa shape index (κ3) is 3.33. The van der Waals surface area contributed by atoms with Gasteiger partial charge in [-0.05, 0) is 31.9 Å². The van der Waals surface area contributed by atoms with Crippen molar-refractivity contribution < 1.29 is 4.79 Å². The number of carbonyl (C=O) groups is 1. The zero-order valence-corrected chi connectivity index (χ0v) is 11.3. The van der Waals surface area contributed by atoms with E-state index in [4.69, 9.17) is 0 Å². The van der Waals surface area contributed by atoms with Crippen LogP contribution in [0.15, 0.2) is 24.3 Å². The van der Waals surface area contributed by atoms with Gasteiger partial charge in [-0.2, -0.15) is 0 Å². The highest BCUT2D eigenvalue weighted by Crippen LogP contribution is 2.11. The van der Waals surface area contributed by atoms with E-state index in [-0.39, 0.29) is 5.91 Å². The van der Waals surface area contributed by atoms with Crippen LogP contribution < -0.4 is 5.32 Å². The average Bonchev–Trinajstić information content (AvgIpc) is 2.41. The summed E-state index contributed by atoms with van der Waals surface area (Å²) in [4.78, 5) is 14.1. The molecule has 1 unspecified atom stereocenters. The maximum atomic E-state index is 12.2. The van der Waals surface area contributed by atoms with E-state index in [2.05, 4.69) is 24.4 Å². The van der Waals surface area contributed by atoms with E-state index in [1.54, 1.807) is 0 Å². The van der Waals surface area contributed by atoms with Crippen molar-refractivity contribution in [1.29, 1.82) is 0 Å². The molecular weight excluding hydrogens is 224 g/mol. The van der Waals surface area contributed by atoms with Crippen molar-refractivity contribution in [2.45, 2.75) is 32.2 Å². The number of rotatable bonds is 3. The van der Waals surface area contributed by atoms with Crippen molar-refractivity contribution in [3.05, 3.63) is 35.4 Å². The molecule has 1 amide bonds. The highest BCUT2D eigenvalue weighted by atomic mass is 16.2. The van der Waals surface area contributed by atoms with Crippen LogP contribution in [0.3, 0.4) is 0 Å². The second kappa shape index (κ2) is 6.01. The first-order valence-electron chi connectivity index (χ1n) is 6.69. The number of benzene rings is 1. The Balaban J connectivity index is 1.92. The Morgan fingerprint density at radius 1 is 1.39 bits per heavy atom. The third-order valence-corrected chi connectivity index (χ3v) is 3.69. The average molecular weight is 246 g/mol. The Hall–Kier alpha value is -1.35. The van der Waals surface area contributed by atoms with Gasteiger partial charge in [0.1, 0.15) is 0 Å². The lowest BCUT2D eigenvalue weighted by molar-refractivity contribution is -0.131. The maximum Gasteiger partial charge on any atom is 0.227 e. The Bertz CT molecular complexity index is 393. The molecule has 1 atom stereocenters. The monoisotopic (exact) mass is 246 g/mol. The van der Waals surface area contributed by atoms with E-state index in [9.17, 15) is 4.79 Å². The van der Waals surface area contributed by atoms with E-state index in [0.717, 1.165) is 31.5 Å². The summed E-state index contributed by atoms with van der Waals surface area (Å²) in [6.45, 7) is 4.07. The van der Waals surface area contributed by atoms with Crippen LogP contribution in [0, 0.1) is 6.92 Å². The maximum absolute atomic E-state index is 12.2. The zero-order valence-electron chi connectivity index (χ0n) is 11.3. The van der Waals surface area contributed by atoms with Crippen molar-refractivity contribution in [2.75, 3.05) is 20.1 Å². The highest BCUT2D eigenvalue weighted by molar-refractivity contribution is 5.78. The van der Waals surface area contributed by atoms with E-state index in [1.165, 1.54) is 5.56 Å². The molecule has 0 saturated carbocycles. The van der Waals surface area contributed by atoms with Crippen LogP contribution in [-0.2, 0) is 11.2 Å². The minimum atomic E-state index is 0.215. The summed E-state index contributed by atoms with van der Waals surface area (Å²) < 4.78 is 0. The van der Waals surface area contributed by atoms with Gasteiger partial charge >= 0.3 is 0 Å². The Morgan fingerprint density at radius 3 is 2.72 bits per heavy atom. The van der Waals surface area contributed by atoms with Gasteiger partial charge in [0.2, 0.25) is 5.91 Å². The molecule has 3 nitrogen and oxygen atoms in total. The van der Waals surface area contributed by atoms with Crippen LogP contribution in [0.4, 0.5) is 0 Å². The molecule has 2 rings (SSSR count). The molecule has 0 radical (unpaired) electrons. The summed E-state index contributed by atoms with van der Waals surface area (Å²) in [7, 11) is 1.92. The Kier molecular flexibility index (Phi) is 4.37. The molecule has 1 saturated heterocycles. The molecule has 1 N–H and O–H groups in total. The normalized spacial score (nSPS) is 19.6. The van der Waals surface area contributed by atoms with E-state index >= 15 is 0 Å². The van der Waals surface area contributed by atoms with Crippen LogP contribution in [0.2, 0.25) is 0 Å². The highest BCUT2D eigenvalue weighted by Gasteiger charge is 2.21. The number of carbonyl (C=O) groups excluding carboxylic acids is 1. The summed E-state index contributed by atoms with van der Waals surface area (Å²) in [5.41, 5.74) is 2.33. The molecular formula is C15H22N2O. The van der Waals surface area contributed by atoms with Gasteiger partial charge < -0.3 is 10.2 Å². The van der Waals surface area contributed by atoms with Crippen LogP contribution in [0.5, 0.6) is 0 Å². The molecule has 1 aromatic carbocycles. The minimum absolute atomic E-state index is 0.215. The topological polar surface area (TPSA) is 32.3 Å². The van der Waals surface area contributed by atoms with Gasteiger partial charge in [0.05, 0.1) is 6.42 Å². The van der Waals surface area contributed by atoms with Crippen LogP contribution in [0.1, 0.15) is 24.0 Å². The van der Waals surface area contributed by atoms with E-state index < -0.39 is 0 Å². The number of aryl methyl sites for hydroxylation is 1. The van der Waals surface area contributed by atoms with Gasteiger partial charge in [-0.1, -0.05) is 29.8 Å². The SMILES string of the molecule is Cc1ccc(CC(=O)N(C)C2CCCNC2)cc1. The van der Waals surface area contributed by atoms with E-state index in [1.807, 2.05) is 24.1 Å². The fourth-order valence-electron chi connectivity index (χ4n) is 2.37. The third-order valence-electron chi connectivity index (χ3n) is 3.69. The van der Waals surface area contributed by atoms with Crippen molar-refractivity contribution >= 4 is 5.91 Å². The molecule has 3 heteroatoms. The van der Waals surface area contributed by atoms with Gasteiger partial charge in [-0.25, -0.2) is 0 Å². The molecule has 1 fully saturated rings. The number of piperidine rings is 1. The van der Waals surface area contributed by atoms with Gasteiger partial charge in [0.25, 0.3) is 0 Å². The second-order valence-corrected chi connectivity index (χ2v) is 5.17. The van der Waals surface area contributed by atoms with Crippen LogP contribution >= 0.6 is 0 Å². The lowest BCUT2D eigenvalue weighted by Crippen LogP contribution is -2.47. The summed E-state index contributed by atoms with van der Waals surface area (Å²) in [6, 6.07) is 8.56. The fraction of sp³-hybridized carbons (Fsp3) is 0.533. The molecule has 1 aliphatic rings. The first kappa shape index (κ1) is 13.1. The zero-order chi connectivity index (χ0) is 13.0. The Morgan fingerprint density at radius 2 is 2.11 bits per heavy atom. The quantitative estimate of drug-likeness (QED) is 0.881. The summed E-state index contributed by atoms with van der Waals surface area (Å²) >= 11 is 0. The molecule has 1 aromatic rings. The number of hydrogen-bond donors (Lipinski definition) is 1. The standard InChI is InChI=1S/C15H22N2O/c1-12-5-7-13(8-6-12)10-15(18)17(2)14-4-3-9-16-11-14/h5-8,14,16H,3-4,9-11H2,1-2H3. The smallest absolute Gasteiger partial charge is 0.227 e. The van der Waals surface area contributed by atoms with Crippen molar-refractivity contribution in [2.24, 2.45) is 0 Å². The number of likely N-dealkylation sites (N-methyl/N-ethyl adjacent to an activating group) is 1. The predicted octanol–water partition coefficient (Wildman–Crippen LogP) is 1.75. The molecule has 0 aromatic heterocycles. The lowest BCUT2D eigenvalue weighted by Gasteiger charge is -2.31. The molecule has 0 bridgehead atoms. The number of nitrogens with zero attached hydrogens (tertiary/aromatic N) is 1. The molecule has 1 aliphatic heterocycles. The molecule has 0 spiro atoms. The van der Waals surface area contributed by atoms with Crippen LogP contribution in [0.25, 0.3) is 0 Å². The largest absolute Gasteiger partial charge is 0.341 e. The van der Waals surface area contributed by atoms with Gasteiger partial charge in [0.15, 0.2) is 0 Å². The fourth-order valence-corrected chi connectivity index (χ4v) is 2.37. The molecule has 18 heavy (non-hydrogen) atoms. The lowest BCUT2D eigenvalue weighted by atomic mass is 10.0. The first-order valence-corrected chi connectivity index (χ1v) is 6.69.